The summed E-state index contributed by atoms with van der Waals surface area (Å²) in [4.78, 5) is 18.2. The molecule has 0 aliphatic rings. The van der Waals surface area contributed by atoms with Gasteiger partial charge in [-0.15, -0.1) is 0 Å². The predicted molar refractivity (Wildman–Crippen MR) is 105 cm³/mol. The van der Waals surface area contributed by atoms with Gasteiger partial charge in [-0.1, -0.05) is 29.8 Å². The van der Waals surface area contributed by atoms with Gasteiger partial charge in [0.25, 0.3) is 0 Å². The van der Waals surface area contributed by atoms with Crippen molar-refractivity contribution in [3.8, 4) is 11.5 Å². The van der Waals surface area contributed by atoms with Gasteiger partial charge in [-0.3, -0.25) is 4.57 Å². The molecule has 0 bridgehead atoms. The molecule has 0 amide bonds. The molecule has 5 nitrogen and oxygen atoms in total. The lowest BCUT2D eigenvalue weighted by Gasteiger charge is -2.24. The first-order valence-electron chi connectivity index (χ1n) is 8.40. The summed E-state index contributed by atoms with van der Waals surface area (Å²) in [6.45, 7) is 3.66. The minimum atomic E-state index is -4.12. The summed E-state index contributed by atoms with van der Waals surface area (Å²) >= 11 is 6.35. The van der Waals surface area contributed by atoms with E-state index in [1.165, 1.54) is 0 Å². The van der Waals surface area contributed by atoms with Crippen molar-refractivity contribution in [2.24, 2.45) is 5.73 Å². The first-order chi connectivity index (χ1) is 12.0. The molecule has 0 aromatic heterocycles. The Morgan fingerprint density at radius 3 is 2.50 bits per heavy atom. The minimum absolute atomic E-state index is 0.322. The van der Waals surface area contributed by atoms with Gasteiger partial charge in [0.05, 0.1) is 6.16 Å². The van der Waals surface area contributed by atoms with Crippen LogP contribution >= 0.6 is 19.2 Å². The Labute approximate surface area is 159 Å². The lowest BCUT2D eigenvalue weighted by atomic mass is 9.96. The topological polar surface area (TPSA) is 92.8 Å². The average molecular weight is 398 g/mol. The van der Waals surface area contributed by atoms with E-state index < -0.39 is 13.1 Å². The molecule has 2 aromatic rings. The number of rotatable bonds is 8. The molecular weight excluding hydrogens is 373 g/mol. The van der Waals surface area contributed by atoms with Crippen LogP contribution in [-0.2, 0) is 11.0 Å². The first-order valence-corrected chi connectivity index (χ1v) is 10.6. The highest BCUT2D eigenvalue weighted by Gasteiger charge is 2.28. The van der Waals surface area contributed by atoms with Crippen LogP contribution < -0.4 is 10.5 Å². The van der Waals surface area contributed by atoms with Crippen LogP contribution in [0.3, 0.4) is 0 Å². The second-order valence-corrected chi connectivity index (χ2v) is 9.05. The largest absolute Gasteiger partial charge is 0.457 e. The van der Waals surface area contributed by atoms with E-state index in [1.54, 1.807) is 13.0 Å². The van der Waals surface area contributed by atoms with E-state index in [9.17, 15) is 4.57 Å². The summed E-state index contributed by atoms with van der Waals surface area (Å²) in [6.07, 6.45) is 1.54. The standard InChI is InChI=1S/C19H25ClNO4P/c1-14-5-3-7-16(11-14)25-17-9-8-15(18(20)12-17)6-4-10-19(2,21)13-26(22,23)24/h3,5,7-9,11-12H,4,6,10,13,21H2,1-2H3,(H2,22,23,24)/t19-/m1/s1. The summed E-state index contributed by atoms with van der Waals surface area (Å²) in [5, 5.41) is 0.601. The molecule has 0 radical (unpaired) electrons. The second kappa shape index (κ2) is 8.55. The first kappa shape index (κ1) is 20.9. The third kappa shape index (κ3) is 7.10. The number of nitrogens with two attached hydrogens (primary N) is 1. The molecular formula is C19H25ClNO4P. The van der Waals surface area contributed by atoms with Gasteiger partial charge in [-0.25, -0.2) is 0 Å². The molecule has 0 fully saturated rings. The number of benzene rings is 2. The fourth-order valence-electron chi connectivity index (χ4n) is 2.84. The number of halogens is 1. The predicted octanol–water partition coefficient (Wildman–Crippen LogP) is 4.66. The smallest absolute Gasteiger partial charge is 0.327 e. The maximum atomic E-state index is 11.1. The summed E-state index contributed by atoms with van der Waals surface area (Å²) < 4.78 is 16.9. The molecule has 142 valence electrons. The van der Waals surface area contributed by atoms with Gasteiger partial charge >= 0.3 is 7.60 Å². The molecule has 0 aliphatic heterocycles. The highest BCUT2D eigenvalue weighted by molar-refractivity contribution is 7.51. The van der Waals surface area contributed by atoms with Gasteiger partial charge in [-0.2, -0.15) is 0 Å². The number of aryl methyl sites for hydroxylation is 2. The Balaban J connectivity index is 1.94. The third-order valence-corrected chi connectivity index (χ3v) is 5.50. The van der Waals surface area contributed by atoms with Gasteiger partial charge in [0, 0.05) is 10.6 Å². The zero-order chi connectivity index (χ0) is 19.4. The van der Waals surface area contributed by atoms with E-state index in [4.69, 9.17) is 31.9 Å². The van der Waals surface area contributed by atoms with Crippen LogP contribution in [-0.4, -0.2) is 21.5 Å². The van der Waals surface area contributed by atoms with Crippen LogP contribution in [0.15, 0.2) is 42.5 Å². The lowest BCUT2D eigenvalue weighted by Crippen LogP contribution is -2.40. The Hall–Kier alpha value is -1.36. The van der Waals surface area contributed by atoms with Crippen molar-refractivity contribution in [1.82, 2.24) is 0 Å². The second-order valence-electron chi connectivity index (χ2n) is 7.00. The molecule has 26 heavy (non-hydrogen) atoms. The summed E-state index contributed by atoms with van der Waals surface area (Å²) in [5.41, 5.74) is 7.15. The van der Waals surface area contributed by atoms with E-state index >= 15 is 0 Å². The third-order valence-electron chi connectivity index (χ3n) is 4.01. The molecule has 2 rings (SSSR count). The van der Waals surface area contributed by atoms with Crippen molar-refractivity contribution in [3.05, 3.63) is 58.6 Å². The van der Waals surface area contributed by atoms with E-state index in [0.29, 0.717) is 30.0 Å². The molecule has 0 heterocycles. The van der Waals surface area contributed by atoms with E-state index in [0.717, 1.165) is 16.9 Å². The van der Waals surface area contributed by atoms with Crippen LogP contribution in [0, 0.1) is 6.92 Å². The molecule has 1 atom stereocenters. The van der Waals surface area contributed by atoms with E-state index in [1.807, 2.05) is 43.3 Å². The molecule has 0 unspecified atom stereocenters. The summed E-state index contributed by atoms with van der Waals surface area (Å²) in [6, 6.07) is 13.3. The zero-order valence-corrected chi connectivity index (χ0v) is 16.6. The van der Waals surface area contributed by atoms with Crippen molar-refractivity contribution in [3.63, 3.8) is 0 Å². The van der Waals surface area contributed by atoms with Crippen molar-refractivity contribution >= 4 is 19.2 Å². The summed E-state index contributed by atoms with van der Waals surface area (Å²) in [5.74, 6) is 1.42. The molecule has 0 saturated carbocycles. The van der Waals surface area contributed by atoms with Crippen molar-refractivity contribution in [2.45, 2.75) is 38.6 Å². The maximum absolute atomic E-state index is 11.1. The molecule has 2 aromatic carbocycles. The fourth-order valence-corrected chi connectivity index (χ4v) is 4.21. The number of ether oxygens (including phenoxy) is 1. The zero-order valence-electron chi connectivity index (χ0n) is 15.0. The van der Waals surface area contributed by atoms with Gasteiger partial charge in [-0.05, 0) is 68.5 Å². The Kier molecular flexibility index (Phi) is 6.89. The van der Waals surface area contributed by atoms with Crippen LogP contribution in [0.5, 0.6) is 11.5 Å². The van der Waals surface area contributed by atoms with Gasteiger partial charge in [0.15, 0.2) is 0 Å². The van der Waals surface area contributed by atoms with Gasteiger partial charge < -0.3 is 20.3 Å². The highest BCUT2D eigenvalue weighted by atomic mass is 35.5. The van der Waals surface area contributed by atoms with Crippen molar-refractivity contribution < 1.29 is 19.1 Å². The molecule has 0 saturated heterocycles. The van der Waals surface area contributed by atoms with E-state index in [2.05, 4.69) is 0 Å². The fraction of sp³-hybridized carbons (Fsp3) is 0.368. The molecule has 4 N–H and O–H groups in total. The molecule has 0 spiro atoms. The number of hydrogen-bond donors (Lipinski definition) is 3. The van der Waals surface area contributed by atoms with Crippen LogP contribution in [0.4, 0.5) is 0 Å². The average Bonchev–Trinajstić information content (AvgIpc) is 2.47. The number of hydrogen-bond acceptors (Lipinski definition) is 3. The Morgan fingerprint density at radius 2 is 1.88 bits per heavy atom. The normalized spacial score (nSPS) is 14.1. The van der Waals surface area contributed by atoms with Gasteiger partial charge in [0.1, 0.15) is 11.5 Å². The Morgan fingerprint density at radius 1 is 1.19 bits per heavy atom. The molecule has 0 aliphatic carbocycles. The lowest BCUT2D eigenvalue weighted by molar-refractivity contribution is 0.348. The quantitative estimate of drug-likeness (QED) is 0.563. The van der Waals surface area contributed by atoms with Crippen LogP contribution in [0.1, 0.15) is 30.9 Å². The summed E-state index contributed by atoms with van der Waals surface area (Å²) in [7, 11) is -4.12. The van der Waals surface area contributed by atoms with Crippen molar-refractivity contribution in [2.75, 3.05) is 6.16 Å². The SMILES string of the molecule is Cc1cccc(Oc2ccc(CCC[C@@](C)(N)CP(=O)(O)O)c(Cl)c2)c1. The Bertz CT molecular complexity index is 804. The van der Waals surface area contributed by atoms with Crippen LogP contribution in [0.2, 0.25) is 5.02 Å². The van der Waals surface area contributed by atoms with Gasteiger partial charge in [0.2, 0.25) is 0 Å². The van der Waals surface area contributed by atoms with Crippen molar-refractivity contribution in [1.29, 1.82) is 0 Å². The molecule has 7 heteroatoms. The highest BCUT2D eigenvalue weighted by Crippen LogP contribution is 2.39. The van der Waals surface area contributed by atoms with E-state index in [-0.39, 0.29) is 6.16 Å². The minimum Gasteiger partial charge on any atom is -0.457 e. The van der Waals surface area contributed by atoms with Crippen LogP contribution in [0.25, 0.3) is 0 Å². The monoisotopic (exact) mass is 397 g/mol. The maximum Gasteiger partial charge on any atom is 0.327 e.